The van der Waals surface area contributed by atoms with E-state index >= 15 is 0 Å². The van der Waals surface area contributed by atoms with Gasteiger partial charge >= 0.3 is 5.97 Å². The standard InChI is InChI=1S/C13H18FNO4/c1-8(2)7-18-3-4-19-12-5-9(13(16)17)11(15)6-10(12)14/h5-6,8H,3-4,7,15H2,1-2H3,(H,16,17). The molecule has 0 aromatic heterocycles. The molecule has 0 unspecified atom stereocenters. The summed E-state index contributed by atoms with van der Waals surface area (Å²) < 4.78 is 23.9. The first-order valence-electron chi connectivity index (χ1n) is 5.94. The van der Waals surface area contributed by atoms with Crippen LogP contribution in [0.5, 0.6) is 5.75 Å². The molecular formula is C13H18FNO4. The van der Waals surface area contributed by atoms with Crippen LogP contribution in [-0.2, 0) is 4.74 Å². The molecule has 0 aliphatic heterocycles. The Bertz CT molecular complexity index is 449. The van der Waals surface area contributed by atoms with Crippen molar-refractivity contribution in [3.63, 3.8) is 0 Å². The van der Waals surface area contributed by atoms with Crippen LogP contribution in [0, 0.1) is 11.7 Å². The summed E-state index contributed by atoms with van der Waals surface area (Å²) in [7, 11) is 0. The average molecular weight is 271 g/mol. The van der Waals surface area contributed by atoms with Gasteiger partial charge in [-0.15, -0.1) is 0 Å². The molecule has 0 saturated carbocycles. The molecule has 106 valence electrons. The van der Waals surface area contributed by atoms with Crippen LogP contribution < -0.4 is 10.5 Å². The van der Waals surface area contributed by atoms with E-state index in [1.807, 2.05) is 13.8 Å². The molecule has 5 nitrogen and oxygen atoms in total. The molecule has 0 heterocycles. The third-order valence-electron chi connectivity index (χ3n) is 2.27. The number of nitrogens with two attached hydrogens (primary N) is 1. The van der Waals surface area contributed by atoms with Crippen molar-refractivity contribution >= 4 is 11.7 Å². The summed E-state index contributed by atoms with van der Waals surface area (Å²) in [6.45, 7) is 5.07. The van der Waals surface area contributed by atoms with Crippen LogP contribution in [-0.4, -0.2) is 30.9 Å². The number of hydrogen-bond acceptors (Lipinski definition) is 4. The zero-order valence-corrected chi connectivity index (χ0v) is 11.0. The number of ether oxygens (including phenoxy) is 2. The summed E-state index contributed by atoms with van der Waals surface area (Å²) in [5.41, 5.74) is 5.09. The number of carboxylic acids is 1. The van der Waals surface area contributed by atoms with E-state index in [-0.39, 0.29) is 23.6 Å². The minimum atomic E-state index is -1.22. The SMILES string of the molecule is CC(C)COCCOc1cc(C(=O)O)c(N)cc1F. The maximum Gasteiger partial charge on any atom is 0.337 e. The maximum atomic E-state index is 13.5. The normalized spacial score (nSPS) is 10.7. The number of nitrogen functional groups attached to an aromatic ring is 1. The Balaban J connectivity index is 2.58. The number of carboxylic acid groups (broad SMARTS) is 1. The van der Waals surface area contributed by atoms with Crippen molar-refractivity contribution in [3.05, 3.63) is 23.5 Å². The third kappa shape index (κ3) is 4.75. The molecule has 0 amide bonds. The van der Waals surface area contributed by atoms with E-state index in [1.165, 1.54) is 0 Å². The van der Waals surface area contributed by atoms with Crippen molar-refractivity contribution in [1.29, 1.82) is 0 Å². The van der Waals surface area contributed by atoms with E-state index < -0.39 is 11.8 Å². The van der Waals surface area contributed by atoms with E-state index in [0.717, 1.165) is 12.1 Å². The predicted octanol–water partition coefficient (Wildman–Crippen LogP) is 2.16. The van der Waals surface area contributed by atoms with Gasteiger partial charge in [0.1, 0.15) is 6.61 Å². The summed E-state index contributed by atoms with van der Waals surface area (Å²) in [5.74, 6) is -1.64. The van der Waals surface area contributed by atoms with E-state index in [4.69, 9.17) is 20.3 Å². The molecule has 0 spiro atoms. The van der Waals surface area contributed by atoms with Gasteiger partial charge < -0.3 is 20.3 Å². The number of carbonyl (C=O) groups is 1. The summed E-state index contributed by atoms with van der Waals surface area (Å²) in [6.07, 6.45) is 0. The van der Waals surface area contributed by atoms with Crippen LogP contribution in [0.3, 0.4) is 0 Å². The Morgan fingerprint density at radius 2 is 2.11 bits per heavy atom. The lowest BCUT2D eigenvalue weighted by atomic mass is 10.1. The highest BCUT2D eigenvalue weighted by molar-refractivity contribution is 5.94. The highest BCUT2D eigenvalue weighted by Gasteiger charge is 2.14. The van der Waals surface area contributed by atoms with Gasteiger partial charge in [0.2, 0.25) is 0 Å². The first-order chi connectivity index (χ1) is 8.91. The molecular weight excluding hydrogens is 253 g/mol. The van der Waals surface area contributed by atoms with Crippen LogP contribution in [0.4, 0.5) is 10.1 Å². The molecule has 1 aromatic rings. The van der Waals surface area contributed by atoms with Crippen molar-refractivity contribution in [2.45, 2.75) is 13.8 Å². The molecule has 0 aliphatic rings. The Morgan fingerprint density at radius 1 is 1.42 bits per heavy atom. The number of hydrogen-bond donors (Lipinski definition) is 2. The van der Waals surface area contributed by atoms with Crippen LogP contribution in [0.1, 0.15) is 24.2 Å². The van der Waals surface area contributed by atoms with E-state index in [9.17, 15) is 9.18 Å². The minimum absolute atomic E-state index is 0.131. The van der Waals surface area contributed by atoms with Gasteiger partial charge in [-0.25, -0.2) is 9.18 Å². The second-order valence-corrected chi connectivity index (χ2v) is 4.49. The van der Waals surface area contributed by atoms with Gasteiger partial charge in [0, 0.05) is 18.4 Å². The monoisotopic (exact) mass is 271 g/mol. The van der Waals surface area contributed by atoms with Gasteiger partial charge in [-0.3, -0.25) is 0 Å². The van der Waals surface area contributed by atoms with E-state index in [0.29, 0.717) is 19.1 Å². The molecule has 3 N–H and O–H groups in total. The van der Waals surface area contributed by atoms with Crippen LogP contribution in [0.25, 0.3) is 0 Å². The Hall–Kier alpha value is -1.82. The van der Waals surface area contributed by atoms with Gasteiger partial charge in [-0.05, 0) is 12.0 Å². The molecule has 0 saturated heterocycles. The Kier molecular flexibility index (Phi) is 5.57. The number of aromatic carboxylic acids is 1. The molecule has 0 aliphatic carbocycles. The number of anilines is 1. The highest BCUT2D eigenvalue weighted by Crippen LogP contribution is 2.24. The van der Waals surface area contributed by atoms with Gasteiger partial charge in [-0.1, -0.05) is 13.8 Å². The van der Waals surface area contributed by atoms with Gasteiger partial charge in [0.25, 0.3) is 0 Å². The predicted molar refractivity (Wildman–Crippen MR) is 68.9 cm³/mol. The lowest BCUT2D eigenvalue weighted by Gasteiger charge is -2.11. The molecule has 1 aromatic carbocycles. The molecule has 0 fully saturated rings. The fourth-order valence-corrected chi connectivity index (χ4v) is 1.39. The van der Waals surface area contributed by atoms with Crippen LogP contribution >= 0.6 is 0 Å². The van der Waals surface area contributed by atoms with Crippen molar-refractivity contribution in [2.24, 2.45) is 5.92 Å². The Morgan fingerprint density at radius 3 is 2.68 bits per heavy atom. The smallest absolute Gasteiger partial charge is 0.337 e. The topological polar surface area (TPSA) is 81.8 Å². The molecule has 6 heteroatoms. The number of rotatable bonds is 7. The van der Waals surface area contributed by atoms with Gasteiger partial charge in [0.15, 0.2) is 11.6 Å². The number of halogens is 1. The summed E-state index contributed by atoms with van der Waals surface area (Å²) >= 11 is 0. The van der Waals surface area contributed by atoms with Crippen LogP contribution in [0.2, 0.25) is 0 Å². The molecule has 19 heavy (non-hydrogen) atoms. The maximum absolute atomic E-state index is 13.5. The molecule has 0 bridgehead atoms. The third-order valence-corrected chi connectivity index (χ3v) is 2.27. The molecule has 0 atom stereocenters. The van der Waals surface area contributed by atoms with E-state index in [1.54, 1.807) is 0 Å². The zero-order chi connectivity index (χ0) is 14.4. The average Bonchev–Trinajstić information content (AvgIpc) is 2.30. The second-order valence-electron chi connectivity index (χ2n) is 4.49. The van der Waals surface area contributed by atoms with Crippen molar-refractivity contribution in [3.8, 4) is 5.75 Å². The fraction of sp³-hybridized carbons (Fsp3) is 0.462. The summed E-state index contributed by atoms with van der Waals surface area (Å²) in [5, 5.41) is 8.87. The molecule has 1 rings (SSSR count). The molecule has 0 radical (unpaired) electrons. The first-order valence-corrected chi connectivity index (χ1v) is 5.94. The lowest BCUT2D eigenvalue weighted by molar-refractivity contribution is 0.0696. The van der Waals surface area contributed by atoms with E-state index in [2.05, 4.69) is 0 Å². The minimum Gasteiger partial charge on any atom is -0.488 e. The van der Waals surface area contributed by atoms with Crippen molar-refractivity contribution in [1.82, 2.24) is 0 Å². The van der Waals surface area contributed by atoms with Gasteiger partial charge in [0.05, 0.1) is 12.2 Å². The first kappa shape index (κ1) is 15.2. The van der Waals surface area contributed by atoms with Crippen molar-refractivity contribution in [2.75, 3.05) is 25.6 Å². The largest absolute Gasteiger partial charge is 0.488 e. The quantitative estimate of drug-likeness (QED) is 0.586. The number of benzene rings is 1. The lowest BCUT2D eigenvalue weighted by Crippen LogP contribution is -2.11. The summed E-state index contributed by atoms with van der Waals surface area (Å²) in [4.78, 5) is 10.9. The summed E-state index contributed by atoms with van der Waals surface area (Å²) in [6, 6.07) is 2.02. The van der Waals surface area contributed by atoms with Crippen molar-refractivity contribution < 1.29 is 23.8 Å². The second kappa shape index (κ2) is 6.94. The Labute approximate surface area is 111 Å². The van der Waals surface area contributed by atoms with Gasteiger partial charge in [-0.2, -0.15) is 0 Å². The zero-order valence-electron chi connectivity index (χ0n) is 11.0. The van der Waals surface area contributed by atoms with Crippen LogP contribution in [0.15, 0.2) is 12.1 Å². The highest BCUT2D eigenvalue weighted by atomic mass is 19.1. The fourth-order valence-electron chi connectivity index (χ4n) is 1.39.